The number of unbranched alkanes of at least 4 members (excludes halogenated alkanes) is 1. The molecule has 2 aliphatic carbocycles. The fourth-order valence-electron chi connectivity index (χ4n) is 2.42. The third-order valence-electron chi connectivity index (χ3n) is 3.20. The number of rotatable bonds is 5. The van der Waals surface area contributed by atoms with Crippen LogP contribution in [0.1, 0.15) is 25.7 Å². The summed E-state index contributed by atoms with van der Waals surface area (Å²) in [6.07, 6.45) is 7.99. The van der Waals surface area contributed by atoms with Gasteiger partial charge in [0.05, 0.1) is 0 Å². The van der Waals surface area contributed by atoms with Crippen molar-refractivity contribution in [2.45, 2.75) is 25.7 Å². The summed E-state index contributed by atoms with van der Waals surface area (Å²) in [5, 5.41) is 11.1. The first-order valence-corrected chi connectivity index (χ1v) is 5.75. The molecule has 0 aromatic heterocycles. The molecule has 0 fully saturated rings. The first-order chi connectivity index (χ1) is 7.18. The maximum atomic E-state index is 10.1. The van der Waals surface area contributed by atoms with Gasteiger partial charge in [-0.15, -0.1) is 0 Å². The molecule has 82 valence electrons. The van der Waals surface area contributed by atoms with Crippen LogP contribution in [0.15, 0.2) is 22.8 Å². The van der Waals surface area contributed by atoms with Gasteiger partial charge < -0.3 is 0 Å². The van der Waals surface area contributed by atoms with Crippen LogP contribution in [0.25, 0.3) is 0 Å². The average molecular weight is 228 g/mol. The number of fused-ring (bicyclic) bond motifs is 2. The van der Waals surface area contributed by atoms with Gasteiger partial charge in [0.15, 0.2) is 0 Å². The lowest BCUT2D eigenvalue weighted by atomic mass is 9.97. The van der Waals surface area contributed by atoms with Gasteiger partial charge in [-0.1, -0.05) is 23.8 Å². The topological polar surface area (TPSA) is 43.1 Å². The molecule has 0 radical (unpaired) electrons. The zero-order valence-electron chi connectivity index (χ0n) is 8.49. The molecule has 4 heteroatoms. The van der Waals surface area contributed by atoms with Gasteiger partial charge >= 0.3 is 0 Å². The predicted molar refractivity (Wildman–Crippen MR) is 59.3 cm³/mol. The highest BCUT2D eigenvalue weighted by molar-refractivity contribution is 6.30. The second-order valence-electron chi connectivity index (χ2n) is 4.22. The van der Waals surface area contributed by atoms with Crippen molar-refractivity contribution in [2.24, 2.45) is 11.8 Å². The standard InChI is InChI=1S/C11H14ClNO2/c12-11-9-5-4-8(7-9)10(11)3-1-2-6-13(14)15/h4-5,8-9H,1-3,6-7H2/t8-,9+/m1/s1. The molecule has 0 saturated carbocycles. The third-order valence-corrected chi connectivity index (χ3v) is 3.72. The maximum absolute atomic E-state index is 10.1. The van der Waals surface area contributed by atoms with E-state index in [1.54, 1.807) is 0 Å². The van der Waals surface area contributed by atoms with E-state index in [4.69, 9.17) is 11.6 Å². The molecule has 15 heavy (non-hydrogen) atoms. The monoisotopic (exact) mass is 227 g/mol. The van der Waals surface area contributed by atoms with Crippen molar-refractivity contribution >= 4 is 11.6 Å². The van der Waals surface area contributed by atoms with Gasteiger partial charge in [0.1, 0.15) is 0 Å². The zero-order valence-corrected chi connectivity index (χ0v) is 9.24. The van der Waals surface area contributed by atoms with Gasteiger partial charge in [-0.25, -0.2) is 0 Å². The molecular weight excluding hydrogens is 214 g/mol. The number of hydrogen-bond donors (Lipinski definition) is 0. The molecule has 0 spiro atoms. The average Bonchev–Trinajstić information content (AvgIpc) is 2.74. The Balaban J connectivity index is 1.78. The molecule has 2 bridgehead atoms. The van der Waals surface area contributed by atoms with Crippen molar-refractivity contribution in [1.29, 1.82) is 0 Å². The minimum absolute atomic E-state index is 0.0782. The molecule has 0 aromatic carbocycles. The predicted octanol–water partition coefficient (Wildman–Crippen LogP) is 3.13. The molecule has 0 aromatic rings. The number of allylic oxidation sites excluding steroid dienone is 4. The second kappa shape index (κ2) is 4.35. The molecule has 0 saturated heterocycles. The van der Waals surface area contributed by atoms with E-state index in [0.717, 1.165) is 24.3 Å². The van der Waals surface area contributed by atoms with Crippen LogP contribution < -0.4 is 0 Å². The quantitative estimate of drug-likeness (QED) is 0.313. The van der Waals surface area contributed by atoms with Crippen molar-refractivity contribution in [3.8, 4) is 0 Å². The lowest BCUT2D eigenvalue weighted by Gasteiger charge is -2.10. The van der Waals surface area contributed by atoms with Crippen LogP contribution in [0.4, 0.5) is 0 Å². The van der Waals surface area contributed by atoms with Crippen LogP contribution in [0.3, 0.4) is 0 Å². The van der Waals surface area contributed by atoms with E-state index < -0.39 is 0 Å². The summed E-state index contributed by atoms with van der Waals surface area (Å²) in [6, 6.07) is 0. The molecule has 2 aliphatic rings. The van der Waals surface area contributed by atoms with Crippen molar-refractivity contribution in [3.63, 3.8) is 0 Å². The van der Waals surface area contributed by atoms with Crippen LogP contribution in [-0.4, -0.2) is 11.5 Å². The zero-order chi connectivity index (χ0) is 10.8. The Morgan fingerprint density at radius 3 is 2.73 bits per heavy atom. The fraction of sp³-hybridized carbons (Fsp3) is 0.636. The second-order valence-corrected chi connectivity index (χ2v) is 4.63. The number of halogens is 1. The normalized spacial score (nSPS) is 27.8. The van der Waals surface area contributed by atoms with Crippen LogP contribution in [0.5, 0.6) is 0 Å². The maximum Gasteiger partial charge on any atom is 0.203 e. The van der Waals surface area contributed by atoms with E-state index in [9.17, 15) is 10.1 Å². The molecule has 2 rings (SSSR count). The van der Waals surface area contributed by atoms with E-state index in [2.05, 4.69) is 12.2 Å². The smallest absolute Gasteiger partial charge is 0.203 e. The lowest BCUT2D eigenvalue weighted by Crippen LogP contribution is -2.01. The molecule has 0 heterocycles. The van der Waals surface area contributed by atoms with Crippen molar-refractivity contribution in [3.05, 3.63) is 32.9 Å². The largest absolute Gasteiger partial charge is 0.265 e. The lowest BCUT2D eigenvalue weighted by molar-refractivity contribution is -0.480. The highest BCUT2D eigenvalue weighted by Crippen LogP contribution is 2.47. The highest BCUT2D eigenvalue weighted by atomic mass is 35.5. The Hall–Kier alpha value is -0.830. The van der Waals surface area contributed by atoms with Crippen LogP contribution in [0, 0.1) is 22.0 Å². The van der Waals surface area contributed by atoms with Crippen LogP contribution in [-0.2, 0) is 0 Å². The molecule has 0 N–H and O–H groups in total. The summed E-state index contributed by atoms with van der Waals surface area (Å²) in [4.78, 5) is 9.89. The Labute approximate surface area is 94.0 Å². The van der Waals surface area contributed by atoms with E-state index in [1.165, 1.54) is 5.57 Å². The van der Waals surface area contributed by atoms with Crippen molar-refractivity contribution in [2.75, 3.05) is 6.54 Å². The summed E-state index contributed by atoms with van der Waals surface area (Å²) in [5.41, 5.74) is 1.33. The van der Waals surface area contributed by atoms with Gasteiger partial charge in [0.25, 0.3) is 0 Å². The molecule has 2 atom stereocenters. The van der Waals surface area contributed by atoms with E-state index >= 15 is 0 Å². The Kier molecular flexibility index (Phi) is 3.10. The van der Waals surface area contributed by atoms with Crippen molar-refractivity contribution in [1.82, 2.24) is 0 Å². The van der Waals surface area contributed by atoms with Crippen LogP contribution in [0.2, 0.25) is 0 Å². The van der Waals surface area contributed by atoms with Gasteiger partial charge in [-0.05, 0) is 24.8 Å². The van der Waals surface area contributed by atoms with Gasteiger partial charge in [-0.2, -0.15) is 0 Å². The highest BCUT2D eigenvalue weighted by Gasteiger charge is 2.33. The Bertz CT molecular complexity index is 335. The molecule has 0 unspecified atom stereocenters. The summed E-state index contributed by atoms with van der Waals surface area (Å²) < 4.78 is 0. The number of hydrogen-bond acceptors (Lipinski definition) is 2. The van der Waals surface area contributed by atoms with Gasteiger partial charge in [0.2, 0.25) is 6.54 Å². The molecular formula is C11H14ClNO2. The van der Waals surface area contributed by atoms with E-state index in [0.29, 0.717) is 18.3 Å². The van der Waals surface area contributed by atoms with E-state index in [-0.39, 0.29) is 11.5 Å². The Morgan fingerprint density at radius 1 is 1.40 bits per heavy atom. The molecule has 0 aliphatic heterocycles. The summed E-state index contributed by atoms with van der Waals surface area (Å²) >= 11 is 6.21. The number of nitrogens with zero attached hydrogens (tertiary/aromatic N) is 1. The summed E-state index contributed by atoms with van der Waals surface area (Å²) in [7, 11) is 0. The minimum Gasteiger partial charge on any atom is -0.265 e. The summed E-state index contributed by atoms with van der Waals surface area (Å²) in [6.45, 7) is 0.0782. The fourth-order valence-corrected chi connectivity index (χ4v) is 2.82. The third kappa shape index (κ3) is 2.23. The first-order valence-electron chi connectivity index (χ1n) is 5.37. The van der Waals surface area contributed by atoms with E-state index in [1.807, 2.05) is 0 Å². The van der Waals surface area contributed by atoms with Gasteiger partial charge in [0, 0.05) is 28.2 Å². The first kappa shape index (κ1) is 10.7. The number of nitro groups is 1. The van der Waals surface area contributed by atoms with Crippen LogP contribution >= 0.6 is 11.6 Å². The van der Waals surface area contributed by atoms with Crippen molar-refractivity contribution < 1.29 is 4.92 Å². The summed E-state index contributed by atoms with van der Waals surface area (Å²) in [5.74, 6) is 0.972. The SMILES string of the molecule is O=[N+]([O-])CCCCC1=C(Cl)[C@H]2C=C[C@@H]1C2. The molecule has 0 amide bonds. The minimum atomic E-state index is -0.253. The molecule has 3 nitrogen and oxygen atoms in total. The Morgan fingerprint density at radius 2 is 2.13 bits per heavy atom. The van der Waals surface area contributed by atoms with Gasteiger partial charge in [-0.3, -0.25) is 10.1 Å².